The Hall–Kier alpha value is -3.11. The summed E-state index contributed by atoms with van der Waals surface area (Å²) in [5, 5.41) is 11.6. The van der Waals surface area contributed by atoms with Crippen LogP contribution in [0.2, 0.25) is 0 Å². The van der Waals surface area contributed by atoms with Crippen LogP contribution in [0.15, 0.2) is 47.4 Å². The fraction of sp³-hybridized carbons (Fsp3) is 0.391. The van der Waals surface area contributed by atoms with Crippen molar-refractivity contribution < 1.29 is 24.0 Å². The first-order valence-electron chi connectivity index (χ1n) is 10.8. The molecular formula is C23H25N3O6S. The average Bonchev–Trinajstić information content (AvgIpc) is 3.00. The molecule has 2 aliphatic heterocycles. The van der Waals surface area contributed by atoms with E-state index in [-0.39, 0.29) is 17.2 Å². The first-order valence-corrected chi connectivity index (χ1v) is 11.7. The number of anilines is 2. The van der Waals surface area contributed by atoms with Gasteiger partial charge in [0.05, 0.1) is 35.1 Å². The molecule has 9 nitrogen and oxygen atoms in total. The number of para-hydroxylation sites is 1. The topological polar surface area (TPSA) is 102 Å². The molecule has 33 heavy (non-hydrogen) atoms. The van der Waals surface area contributed by atoms with Gasteiger partial charge in [-0.2, -0.15) is 0 Å². The van der Waals surface area contributed by atoms with Crippen molar-refractivity contribution in [2.75, 3.05) is 49.3 Å². The number of esters is 1. The number of nitro benzene ring substituents is 1. The highest BCUT2D eigenvalue weighted by Crippen LogP contribution is 2.37. The van der Waals surface area contributed by atoms with Crippen LogP contribution in [0, 0.1) is 10.1 Å². The molecule has 174 valence electrons. The summed E-state index contributed by atoms with van der Waals surface area (Å²) >= 11 is 1.72. The molecule has 4 rings (SSSR count). The molecule has 0 spiro atoms. The Labute approximate surface area is 195 Å². The lowest BCUT2D eigenvalue weighted by atomic mass is 10.1. The molecule has 1 unspecified atom stereocenters. The summed E-state index contributed by atoms with van der Waals surface area (Å²) in [6, 6.07) is 11.8. The largest absolute Gasteiger partial charge is 0.452 e. The van der Waals surface area contributed by atoms with Crippen molar-refractivity contribution in [3.63, 3.8) is 0 Å². The van der Waals surface area contributed by atoms with Crippen LogP contribution in [0.3, 0.4) is 0 Å². The lowest BCUT2D eigenvalue weighted by molar-refractivity contribution is -0.384. The number of hydrogen-bond acceptors (Lipinski definition) is 8. The van der Waals surface area contributed by atoms with Gasteiger partial charge in [-0.3, -0.25) is 14.9 Å². The quantitative estimate of drug-likeness (QED) is 0.371. The van der Waals surface area contributed by atoms with Crippen molar-refractivity contribution in [3.05, 3.63) is 58.1 Å². The molecule has 0 saturated carbocycles. The van der Waals surface area contributed by atoms with Crippen LogP contribution in [0.25, 0.3) is 0 Å². The summed E-state index contributed by atoms with van der Waals surface area (Å²) in [7, 11) is 0. The Bertz CT molecular complexity index is 1060. The molecule has 1 amide bonds. The number of thioether (sulfide) groups is 1. The first-order chi connectivity index (χ1) is 15.9. The standard InChI is InChI=1S/C23H25N3O6S/c1-16-8-9-25(20-4-2-3-5-21(20)33-16)22(27)15-32-23(28)18-14-17(26(29)30)6-7-19(18)24-10-12-31-13-11-24/h2-7,14,16H,8-13,15H2,1H3. The number of non-ortho nitro benzene ring substituents is 1. The van der Waals surface area contributed by atoms with Gasteiger partial charge in [0, 0.05) is 41.9 Å². The van der Waals surface area contributed by atoms with Crippen molar-refractivity contribution in [2.45, 2.75) is 23.5 Å². The zero-order valence-electron chi connectivity index (χ0n) is 18.3. The van der Waals surface area contributed by atoms with Crippen LogP contribution in [0.4, 0.5) is 17.1 Å². The number of nitro groups is 1. The van der Waals surface area contributed by atoms with Crippen molar-refractivity contribution in [1.82, 2.24) is 0 Å². The fourth-order valence-corrected chi connectivity index (χ4v) is 5.02. The number of fused-ring (bicyclic) bond motifs is 1. The number of carbonyl (C=O) groups excluding carboxylic acids is 2. The van der Waals surface area contributed by atoms with Crippen LogP contribution in [-0.2, 0) is 14.3 Å². The number of ether oxygens (including phenoxy) is 2. The van der Waals surface area contributed by atoms with Crippen molar-refractivity contribution >= 4 is 40.7 Å². The predicted molar refractivity (Wildman–Crippen MR) is 125 cm³/mol. The Kier molecular flexibility index (Phi) is 7.14. The molecule has 0 aromatic heterocycles. The normalized spacial score (nSPS) is 18.3. The van der Waals surface area contributed by atoms with E-state index < -0.39 is 17.5 Å². The minimum Gasteiger partial charge on any atom is -0.452 e. The third-order valence-corrected chi connectivity index (χ3v) is 6.87. The van der Waals surface area contributed by atoms with Crippen LogP contribution in [0.1, 0.15) is 23.7 Å². The van der Waals surface area contributed by atoms with E-state index in [0.717, 1.165) is 17.0 Å². The molecule has 0 aliphatic carbocycles. The maximum atomic E-state index is 13.0. The smallest absolute Gasteiger partial charge is 0.341 e. The van der Waals surface area contributed by atoms with Crippen molar-refractivity contribution in [1.29, 1.82) is 0 Å². The Morgan fingerprint density at radius 3 is 2.67 bits per heavy atom. The molecule has 0 bridgehead atoms. The number of morpholine rings is 1. The number of hydrogen-bond donors (Lipinski definition) is 0. The van der Waals surface area contributed by atoms with Crippen LogP contribution >= 0.6 is 11.8 Å². The van der Waals surface area contributed by atoms with Gasteiger partial charge in [-0.25, -0.2) is 4.79 Å². The van der Waals surface area contributed by atoms with E-state index in [1.807, 2.05) is 29.2 Å². The third-order valence-electron chi connectivity index (χ3n) is 5.63. The van der Waals surface area contributed by atoms with Gasteiger partial charge in [0.25, 0.3) is 11.6 Å². The number of carbonyl (C=O) groups is 2. The molecule has 10 heteroatoms. The first kappa shape index (κ1) is 23.1. The van der Waals surface area contributed by atoms with Gasteiger partial charge >= 0.3 is 5.97 Å². The van der Waals surface area contributed by atoms with E-state index in [0.29, 0.717) is 43.8 Å². The molecular weight excluding hydrogens is 446 g/mol. The van der Waals surface area contributed by atoms with Crippen molar-refractivity contribution in [3.8, 4) is 0 Å². The average molecular weight is 472 g/mol. The number of benzene rings is 2. The highest BCUT2D eigenvalue weighted by atomic mass is 32.2. The Morgan fingerprint density at radius 1 is 1.15 bits per heavy atom. The molecule has 2 aliphatic rings. The number of amides is 1. The van der Waals surface area contributed by atoms with E-state index in [4.69, 9.17) is 9.47 Å². The maximum absolute atomic E-state index is 13.0. The molecule has 0 radical (unpaired) electrons. The van der Waals surface area contributed by atoms with Crippen LogP contribution in [-0.4, -0.2) is 61.5 Å². The predicted octanol–water partition coefficient (Wildman–Crippen LogP) is 3.51. The van der Waals surface area contributed by atoms with Gasteiger partial charge < -0.3 is 19.3 Å². The second-order valence-electron chi connectivity index (χ2n) is 7.86. The zero-order chi connectivity index (χ0) is 23.4. The lowest BCUT2D eigenvalue weighted by Gasteiger charge is -2.30. The highest BCUT2D eigenvalue weighted by Gasteiger charge is 2.27. The van der Waals surface area contributed by atoms with E-state index in [2.05, 4.69) is 6.92 Å². The summed E-state index contributed by atoms with van der Waals surface area (Å²) in [4.78, 5) is 41.3. The molecule has 1 fully saturated rings. The monoisotopic (exact) mass is 471 g/mol. The lowest BCUT2D eigenvalue weighted by Crippen LogP contribution is -2.38. The Balaban J connectivity index is 1.52. The minimum absolute atomic E-state index is 0.0688. The zero-order valence-corrected chi connectivity index (χ0v) is 19.1. The summed E-state index contributed by atoms with van der Waals surface area (Å²) < 4.78 is 10.7. The molecule has 2 heterocycles. The molecule has 2 aromatic carbocycles. The van der Waals surface area contributed by atoms with E-state index in [1.54, 1.807) is 22.7 Å². The summed E-state index contributed by atoms with van der Waals surface area (Å²) in [5.41, 5.74) is 1.20. The Morgan fingerprint density at radius 2 is 1.91 bits per heavy atom. The third kappa shape index (κ3) is 5.28. The molecule has 1 saturated heterocycles. The molecule has 1 atom stereocenters. The van der Waals surface area contributed by atoms with Gasteiger partial charge in [0.1, 0.15) is 0 Å². The number of rotatable bonds is 5. The SMILES string of the molecule is CC1CCN(C(=O)COC(=O)c2cc([N+](=O)[O-])ccc2N2CCOCC2)c2ccccc2S1. The second-order valence-corrected chi connectivity index (χ2v) is 9.34. The van der Waals surface area contributed by atoms with Crippen LogP contribution in [0.5, 0.6) is 0 Å². The summed E-state index contributed by atoms with van der Waals surface area (Å²) in [6.07, 6.45) is 0.811. The number of nitrogens with zero attached hydrogens (tertiary/aromatic N) is 3. The van der Waals surface area contributed by atoms with Crippen LogP contribution < -0.4 is 9.80 Å². The van der Waals surface area contributed by atoms with Gasteiger partial charge in [-0.05, 0) is 24.6 Å². The second kappa shape index (κ2) is 10.2. The van der Waals surface area contributed by atoms with E-state index in [9.17, 15) is 19.7 Å². The van der Waals surface area contributed by atoms with Gasteiger partial charge in [0.15, 0.2) is 6.61 Å². The highest BCUT2D eigenvalue weighted by molar-refractivity contribution is 8.00. The minimum atomic E-state index is -0.764. The summed E-state index contributed by atoms with van der Waals surface area (Å²) in [5.74, 6) is -1.09. The van der Waals surface area contributed by atoms with Gasteiger partial charge in [-0.15, -0.1) is 11.8 Å². The van der Waals surface area contributed by atoms with Gasteiger partial charge in [-0.1, -0.05) is 19.1 Å². The molecule has 2 aromatic rings. The van der Waals surface area contributed by atoms with Gasteiger partial charge in [0.2, 0.25) is 0 Å². The van der Waals surface area contributed by atoms with E-state index >= 15 is 0 Å². The van der Waals surface area contributed by atoms with E-state index in [1.165, 1.54) is 12.1 Å². The summed E-state index contributed by atoms with van der Waals surface area (Å²) in [6.45, 7) is 4.29. The van der Waals surface area contributed by atoms with Crippen molar-refractivity contribution in [2.24, 2.45) is 0 Å². The fourth-order valence-electron chi connectivity index (χ4n) is 3.91. The maximum Gasteiger partial charge on any atom is 0.341 e. The molecule has 0 N–H and O–H groups in total.